The quantitative estimate of drug-likeness (QED) is 0.897. The fourth-order valence-corrected chi connectivity index (χ4v) is 2.93. The van der Waals surface area contributed by atoms with Crippen molar-refractivity contribution in [3.63, 3.8) is 0 Å². The summed E-state index contributed by atoms with van der Waals surface area (Å²) in [4.78, 5) is 0. The average Bonchev–Trinajstić information content (AvgIpc) is 2.42. The zero-order valence-electron chi connectivity index (χ0n) is 12.7. The number of rotatable bonds is 5. The number of aliphatic hydroxyl groups is 1. The van der Waals surface area contributed by atoms with E-state index < -0.39 is 0 Å². The lowest BCUT2D eigenvalue weighted by Gasteiger charge is -2.35. The SMILES string of the molecule is COCc1cccc(OC2CC(C(C)C)CCC2O)c1. The van der Waals surface area contributed by atoms with E-state index in [1.165, 1.54) is 0 Å². The van der Waals surface area contributed by atoms with Gasteiger partial charge < -0.3 is 14.6 Å². The van der Waals surface area contributed by atoms with Gasteiger partial charge >= 0.3 is 0 Å². The Morgan fingerprint density at radius 3 is 2.80 bits per heavy atom. The van der Waals surface area contributed by atoms with E-state index in [1.54, 1.807) is 7.11 Å². The molecule has 20 heavy (non-hydrogen) atoms. The van der Waals surface area contributed by atoms with Gasteiger partial charge in [-0.05, 0) is 48.8 Å². The van der Waals surface area contributed by atoms with Gasteiger partial charge in [0, 0.05) is 7.11 Å². The van der Waals surface area contributed by atoms with Gasteiger partial charge in [0.05, 0.1) is 12.7 Å². The van der Waals surface area contributed by atoms with E-state index >= 15 is 0 Å². The Balaban J connectivity index is 2.01. The van der Waals surface area contributed by atoms with Crippen molar-refractivity contribution in [2.45, 2.75) is 51.9 Å². The van der Waals surface area contributed by atoms with Gasteiger partial charge in [0.25, 0.3) is 0 Å². The van der Waals surface area contributed by atoms with Gasteiger partial charge in [0.15, 0.2) is 0 Å². The lowest BCUT2D eigenvalue weighted by molar-refractivity contribution is -0.0177. The van der Waals surface area contributed by atoms with Gasteiger partial charge in [0.1, 0.15) is 11.9 Å². The summed E-state index contributed by atoms with van der Waals surface area (Å²) in [5, 5.41) is 10.2. The van der Waals surface area contributed by atoms with Crippen LogP contribution in [0.1, 0.15) is 38.7 Å². The summed E-state index contributed by atoms with van der Waals surface area (Å²) in [6.45, 7) is 5.08. The van der Waals surface area contributed by atoms with Crippen molar-refractivity contribution in [3.05, 3.63) is 29.8 Å². The molecule has 1 saturated carbocycles. The molecule has 3 unspecified atom stereocenters. The molecular formula is C17H26O3. The second-order valence-electron chi connectivity index (χ2n) is 6.12. The molecule has 1 aromatic rings. The van der Waals surface area contributed by atoms with Gasteiger partial charge in [-0.2, -0.15) is 0 Å². The summed E-state index contributed by atoms with van der Waals surface area (Å²) in [6, 6.07) is 7.93. The molecule has 1 aromatic carbocycles. The highest BCUT2D eigenvalue weighted by molar-refractivity contribution is 5.28. The molecule has 3 atom stereocenters. The van der Waals surface area contributed by atoms with E-state index in [2.05, 4.69) is 13.8 Å². The third-order valence-corrected chi connectivity index (χ3v) is 4.24. The van der Waals surface area contributed by atoms with Crippen LogP contribution >= 0.6 is 0 Å². The van der Waals surface area contributed by atoms with Crippen molar-refractivity contribution in [3.8, 4) is 5.75 Å². The summed E-state index contributed by atoms with van der Waals surface area (Å²) < 4.78 is 11.2. The maximum absolute atomic E-state index is 10.2. The van der Waals surface area contributed by atoms with Crippen molar-refractivity contribution in [2.75, 3.05) is 7.11 Å². The van der Waals surface area contributed by atoms with Crippen molar-refractivity contribution in [1.29, 1.82) is 0 Å². The summed E-state index contributed by atoms with van der Waals surface area (Å²) in [5.41, 5.74) is 1.09. The third-order valence-electron chi connectivity index (χ3n) is 4.24. The lowest BCUT2D eigenvalue weighted by Crippen LogP contribution is -2.39. The van der Waals surface area contributed by atoms with E-state index in [4.69, 9.17) is 9.47 Å². The van der Waals surface area contributed by atoms with E-state index in [9.17, 15) is 5.11 Å². The van der Waals surface area contributed by atoms with Crippen LogP contribution in [0.5, 0.6) is 5.75 Å². The standard InChI is InChI=1S/C17H26O3/c1-12(2)14-7-8-16(18)17(10-14)20-15-6-4-5-13(9-15)11-19-3/h4-6,9,12,14,16-18H,7-8,10-11H2,1-3H3. The molecule has 1 aliphatic carbocycles. The first kappa shape index (κ1) is 15.3. The van der Waals surface area contributed by atoms with E-state index in [-0.39, 0.29) is 12.2 Å². The Bertz CT molecular complexity index is 416. The first-order chi connectivity index (χ1) is 9.60. The molecule has 1 aliphatic rings. The van der Waals surface area contributed by atoms with Crippen LogP contribution in [0, 0.1) is 11.8 Å². The summed E-state index contributed by atoms with van der Waals surface area (Å²) in [5.74, 6) is 2.12. The van der Waals surface area contributed by atoms with Crippen molar-refractivity contribution in [2.24, 2.45) is 11.8 Å². The van der Waals surface area contributed by atoms with Crippen LogP contribution in [0.2, 0.25) is 0 Å². The molecule has 0 bridgehead atoms. The van der Waals surface area contributed by atoms with Gasteiger partial charge in [0.2, 0.25) is 0 Å². The molecule has 0 aliphatic heterocycles. The van der Waals surface area contributed by atoms with Crippen LogP contribution in [0.4, 0.5) is 0 Å². The highest BCUT2D eigenvalue weighted by atomic mass is 16.5. The highest BCUT2D eigenvalue weighted by Crippen LogP contribution is 2.32. The Labute approximate surface area is 121 Å². The Hall–Kier alpha value is -1.06. The molecule has 1 N–H and O–H groups in total. The molecule has 1 fully saturated rings. The molecule has 112 valence electrons. The topological polar surface area (TPSA) is 38.7 Å². The monoisotopic (exact) mass is 278 g/mol. The van der Waals surface area contributed by atoms with E-state index in [1.807, 2.05) is 24.3 Å². The maximum atomic E-state index is 10.2. The minimum absolute atomic E-state index is 0.0889. The van der Waals surface area contributed by atoms with E-state index in [0.29, 0.717) is 18.4 Å². The van der Waals surface area contributed by atoms with Crippen LogP contribution < -0.4 is 4.74 Å². The lowest BCUT2D eigenvalue weighted by atomic mass is 9.79. The van der Waals surface area contributed by atoms with Crippen LogP contribution in [-0.2, 0) is 11.3 Å². The van der Waals surface area contributed by atoms with Crippen LogP contribution in [-0.4, -0.2) is 24.4 Å². The van der Waals surface area contributed by atoms with Crippen LogP contribution in [0.25, 0.3) is 0 Å². The highest BCUT2D eigenvalue weighted by Gasteiger charge is 2.32. The first-order valence-electron chi connectivity index (χ1n) is 7.52. The fraction of sp³-hybridized carbons (Fsp3) is 0.647. The zero-order chi connectivity index (χ0) is 14.5. The molecule has 0 aromatic heterocycles. The molecule has 0 spiro atoms. The normalized spacial score (nSPS) is 26.8. The predicted octanol–water partition coefficient (Wildman–Crippen LogP) is 3.40. The van der Waals surface area contributed by atoms with Crippen molar-refractivity contribution in [1.82, 2.24) is 0 Å². The fourth-order valence-electron chi connectivity index (χ4n) is 2.93. The number of aliphatic hydroxyl groups excluding tert-OH is 1. The predicted molar refractivity (Wildman–Crippen MR) is 79.8 cm³/mol. The average molecular weight is 278 g/mol. The van der Waals surface area contributed by atoms with Crippen LogP contribution in [0.3, 0.4) is 0 Å². The molecule has 3 nitrogen and oxygen atoms in total. The summed E-state index contributed by atoms with van der Waals surface area (Å²) >= 11 is 0. The largest absolute Gasteiger partial charge is 0.488 e. The number of ether oxygens (including phenoxy) is 2. The third kappa shape index (κ3) is 3.97. The first-order valence-corrected chi connectivity index (χ1v) is 7.52. The summed E-state index contributed by atoms with van der Waals surface area (Å²) in [7, 11) is 1.69. The second kappa shape index (κ2) is 7.09. The minimum atomic E-state index is -0.351. The molecule has 0 saturated heterocycles. The van der Waals surface area contributed by atoms with Crippen LogP contribution in [0.15, 0.2) is 24.3 Å². The zero-order valence-corrected chi connectivity index (χ0v) is 12.7. The second-order valence-corrected chi connectivity index (χ2v) is 6.12. The maximum Gasteiger partial charge on any atom is 0.125 e. The molecule has 2 rings (SSSR count). The number of benzene rings is 1. The molecule has 0 radical (unpaired) electrons. The van der Waals surface area contributed by atoms with Gasteiger partial charge in [-0.15, -0.1) is 0 Å². The smallest absolute Gasteiger partial charge is 0.125 e. The molecule has 0 amide bonds. The Morgan fingerprint density at radius 1 is 1.30 bits per heavy atom. The van der Waals surface area contributed by atoms with Gasteiger partial charge in [-0.3, -0.25) is 0 Å². The Morgan fingerprint density at radius 2 is 2.10 bits per heavy atom. The number of methoxy groups -OCH3 is 1. The molecular weight excluding hydrogens is 252 g/mol. The summed E-state index contributed by atoms with van der Waals surface area (Å²) in [6.07, 6.45) is 2.44. The van der Waals surface area contributed by atoms with Gasteiger partial charge in [-0.25, -0.2) is 0 Å². The van der Waals surface area contributed by atoms with Gasteiger partial charge in [-0.1, -0.05) is 26.0 Å². The van der Waals surface area contributed by atoms with Crippen molar-refractivity contribution < 1.29 is 14.6 Å². The Kier molecular flexibility index (Phi) is 5.44. The minimum Gasteiger partial charge on any atom is -0.488 e. The molecule has 0 heterocycles. The number of hydrogen-bond acceptors (Lipinski definition) is 3. The number of hydrogen-bond donors (Lipinski definition) is 1. The van der Waals surface area contributed by atoms with E-state index in [0.717, 1.165) is 30.6 Å². The van der Waals surface area contributed by atoms with Crippen molar-refractivity contribution >= 4 is 0 Å². The molecule has 3 heteroatoms.